The highest BCUT2D eigenvalue weighted by atomic mass is 16.5. The van der Waals surface area contributed by atoms with Crippen LogP contribution in [0.5, 0.6) is 0 Å². The Labute approximate surface area is 101 Å². The molecule has 1 aliphatic carbocycles. The Kier molecular flexibility index (Phi) is 7.06. The Morgan fingerprint density at radius 1 is 1.25 bits per heavy atom. The molecule has 1 aliphatic rings. The van der Waals surface area contributed by atoms with Gasteiger partial charge in [-0.15, -0.1) is 0 Å². The first-order chi connectivity index (χ1) is 7.72. The molecule has 0 spiro atoms. The fourth-order valence-corrected chi connectivity index (χ4v) is 2.58. The summed E-state index contributed by atoms with van der Waals surface area (Å²) in [4.78, 5) is 0. The maximum absolute atomic E-state index is 5.71. The lowest BCUT2D eigenvalue weighted by Gasteiger charge is -2.21. The minimum Gasteiger partial charge on any atom is -0.377 e. The van der Waals surface area contributed by atoms with E-state index in [2.05, 4.69) is 26.1 Å². The van der Waals surface area contributed by atoms with Crippen molar-refractivity contribution in [3.63, 3.8) is 0 Å². The van der Waals surface area contributed by atoms with Crippen LogP contribution in [-0.4, -0.2) is 25.3 Å². The van der Waals surface area contributed by atoms with Crippen molar-refractivity contribution in [2.24, 2.45) is 5.92 Å². The standard InChI is InChI=1S/C14H29NO/c1-4-15-14(11-16-12(2)3)10-9-13-7-5-6-8-13/h12-15H,4-11H2,1-3H3. The molecular weight excluding hydrogens is 198 g/mol. The van der Waals surface area contributed by atoms with E-state index in [4.69, 9.17) is 4.74 Å². The Morgan fingerprint density at radius 2 is 1.94 bits per heavy atom. The zero-order valence-electron chi connectivity index (χ0n) is 11.3. The molecule has 96 valence electrons. The lowest BCUT2D eigenvalue weighted by molar-refractivity contribution is 0.0586. The Balaban J connectivity index is 2.15. The van der Waals surface area contributed by atoms with Gasteiger partial charge >= 0.3 is 0 Å². The van der Waals surface area contributed by atoms with Crippen molar-refractivity contribution in [2.45, 2.75) is 71.4 Å². The second-order valence-corrected chi connectivity index (χ2v) is 5.36. The SMILES string of the molecule is CCNC(CCC1CCCC1)COC(C)C. The molecule has 0 aromatic heterocycles. The van der Waals surface area contributed by atoms with Crippen LogP contribution in [0.4, 0.5) is 0 Å². The molecular formula is C14H29NO. The largest absolute Gasteiger partial charge is 0.377 e. The molecule has 2 nitrogen and oxygen atoms in total. The number of ether oxygens (including phenoxy) is 1. The minimum absolute atomic E-state index is 0.354. The summed E-state index contributed by atoms with van der Waals surface area (Å²) in [6.45, 7) is 8.33. The molecule has 1 saturated carbocycles. The Hall–Kier alpha value is -0.0800. The van der Waals surface area contributed by atoms with E-state index in [1.54, 1.807) is 0 Å². The molecule has 0 heterocycles. The average Bonchev–Trinajstić information content (AvgIpc) is 2.75. The molecule has 0 aromatic carbocycles. The van der Waals surface area contributed by atoms with Gasteiger partial charge in [-0.1, -0.05) is 32.6 Å². The van der Waals surface area contributed by atoms with E-state index in [1.165, 1.54) is 38.5 Å². The molecule has 0 aliphatic heterocycles. The monoisotopic (exact) mass is 227 g/mol. The summed E-state index contributed by atoms with van der Waals surface area (Å²) < 4.78 is 5.71. The summed E-state index contributed by atoms with van der Waals surface area (Å²) in [5.41, 5.74) is 0. The second kappa shape index (κ2) is 8.08. The number of likely N-dealkylation sites (N-methyl/N-ethyl adjacent to an activating group) is 1. The third kappa shape index (κ3) is 5.86. The molecule has 1 unspecified atom stereocenters. The van der Waals surface area contributed by atoms with E-state index in [0.717, 1.165) is 19.1 Å². The molecule has 1 fully saturated rings. The number of hydrogen-bond acceptors (Lipinski definition) is 2. The van der Waals surface area contributed by atoms with Crippen LogP contribution in [-0.2, 0) is 4.74 Å². The topological polar surface area (TPSA) is 21.3 Å². The van der Waals surface area contributed by atoms with Gasteiger partial charge < -0.3 is 10.1 Å². The normalized spacial score (nSPS) is 19.5. The first-order valence-electron chi connectivity index (χ1n) is 7.07. The van der Waals surface area contributed by atoms with Crippen molar-refractivity contribution in [1.82, 2.24) is 5.32 Å². The lowest BCUT2D eigenvalue weighted by atomic mass is 9.99. The van der Waals surface area contributed by atoms with Crippen molar-refractivity contribution in [2.75, 3.05) is 13.2 Å². The zero-order valence-corrected chi connectivity index (χ0v) is 11.3. The first-order valence-corrected chi connectivity index (χ1v) is 7.07. The van der Waals surface area contributed by atoms with E-state index < -0.39 is 0 Å². The smallest absolute Gasteiger partial charge is 0.0623 e. The molecule has 0 bridgehead atoms. The zero-order chi connectivity index (χ0) is 11.8. The van der Waals surface area contributed by atoms with Gasteiger partial charge in [-0.25, -0.2) is 0 Å². The summed E-state index contributed by atoms with van der Waals surface area (Å²) in [6, 6.07) is 0.563. The average molecular weight is 227 g/mol. The van der Waals surface area contributed by atoms with Crippen LogP contribution in [0.15, 0.2) is 0 Å². The molecule has 0 radical (unpaired) electrons. The van der Waals surface area contributed by atoms with Gasteiger partial charge in [0.15, 0.2) is 0 Å². The van der Waals surface area contributed by atoms with Crippen molar-refractivity contribution < 1.29 is 4.74 Å². The molecule has 0 aromatic rings. The maximum Gasteiger partial charge on any atom is 0.0623 e. The van der Waals surface area contributed by atoms with Gasteiger partial charge in [0.25, 0.3) is 0 Å². The van der Waals surface area contributed by atoms with Crippen LogP contribution in [0.1, 0.15) is 59.3 Å². The summed E-state index contributed by atoms with van der Waals surface area (Å²) in [7, 11) is 0. The van der Waals surface area contributed by atoms with Gasteiger partial charge in [-0.05, 0) is 39.2 Å². The van der Waals surface area contributed by atoms with Gasteiger partial charge in [0, 0.05) is 6.04 Å². The fraction of sp³-hybridized carbons (Fsp3) is 1.00. The maximum atomic E-state index is 5.71. The van der Waals surface area contributed by atoms with Gasteiger partial charge in [-0.2, -0.15) is 0 Å². The predicted molar refractivity (Wildman–Crippen MR) is 69.7 cm³/mol. The second-order valence-electron chi connectivity index (χ2n) is 5.36. The van der Waals surface area contributed by atoms with E-state index >= 15 is 0 Å². The molecule has 2 heteroatoms. The van der Waals surface area contributed by atoms with Crippen molar-refractivity contribution >= 4 is 0 Å². The van der Waals surface area contributed by atoms with E-state index in [-0.39, 0.29) is 0 Å². The van der Waals surface area contributed by atoms with E-state index in [1.807, 2.05) is 0 Å². The summed E-state index contributed by atoms with van der Waals surface area (Å²) >= 11 is 0. The first kappa shape index (κ1) is 14.0. The van der Waals surface area contributed by atoms with Crippen molar-refractivity contribution in [3.8, 4) is 0 Å². The van der Waals surface area contributed by atoms with Crippen LogP contribution in [0.3, 0.4) is 0 Å². The Morgan fingerprint density at radius 3 is 2.50 bits per heavy atom. The number of nitrogens with one attached hydrogen (secondary N) is 1. The summed E-state index contributed by atoms with van der Waals surface area (Å²) in [6.07, 6.45) is 8.86. The minimum atomic E-state index is 0.354. The van der Waals surface area contributed by atoms with Crippen LogP contribution in [0.2, 0.25) is 0 Å². The van der Waals surface area contributed by atoms with Crippen molar-refractivity contribution in [3.05, 3.63) is 0 Å². The van der Waals surface area contributed by atoms with Gasteiger partial charge in [0.2, 0.25) is 0 Å². The molecule has 1 rings (SSSR count). The lowest BCUT2D eigenvalue weighted by Crippen LogP contribution is -2.34. The van der Waals surface area contributed by atoms with Gasteiger partial charge in [0.1, 0.15) is 0 Å². The van der Waals surface area contributed by atoms with E-state index in [0.29, 0.717) is 12.1 Å². The van der Waals surface area contributed by atoms with Crippen LogP contribution in [0, 0.1) is 5.92 Å². The molecule has 1 N–H and O–H groups in total. The quantitative estimate of drug-likeness (QED) is 0.686. The highest BCUT2D eigenvalue weighted by molar-refractivity contribution is 4.72. The predicted octanol–water partition coefficient (Wildman–Crippen LogP) is 3.36. The number of hydrogen-bond donors (Lipinski definition) is 1. The van der Waals surface area contributed by atoms with E-state index in [9.17, 15) is 0 Å². The van der Waals surface area contributed by atoms with Crippen LogP contribution >= 0.6 is 0 Å². The fourth-order valence-electron chi connectivity index (χ4n) is 2.58. The molecule has 0 saturated heterocycles. The third-order valence-corrected chi connectivity index (χ3v) is 3.52. The molecule has 16 heavy (non-hydrogen) atoms. The van der Waals surface area contributed by atoms with Crippen molar-refractivity contribution in [1.29, 1.82) is 0 Å². The molecule has 0 amide bonds. The van der Waals surface area contributed by atoms with Crippen LogP contribution < -0.4 is 5.32 Å². The highest BCUT2D eigenvalue weighted by Crippen LogP contribution is 2.28. The third-order valence-electron chi connectivity index (χ3n) is 3.52. The summed E-state index contributed by atoms with van der Waals surface area (Å²) in [5.74, 6) is 1.00. The Bertz CT molecular complexity index is 164. The summed E-state index contributed by atoms with van der Waals surface area (Å²) in [5, 5.41) is 3.54. The van der Waals surface area contributed by atoms with Gasteiger partial charge in [-0.3, -0.25) is 0 Å². The highest BCUT2D eigenvalue weighted by Gasteiger charge is 2.17. The number of rotatable bonds is 8. The molecule has 1 atom stereocenters. The van der Waals surface area contributed by atoms with Gasteiger partial charge in [0.05, 0.1) is 12.7 Å². The van der Waals surface area contributed by atoms with Crippen LogP contribution in [0.25, 0.3) is 0 Å².